The van der Waals surface area contributed by atoms with Gasteiger partial charge in [0.2, 0.25) is 10.0 Å². The van der Waals surface area contributed by atoms with Crippen LogP contribution < -0.4 is 14.9 Å². The monoisotopic (exact) mass is 498 g/mol. The molecule has 0 amide bonds. The van der Waals surface area contributed by atoms with Crippen molar-refractivity contribution in [2.75, 3.05) is 28.2 Å². The van der Waals surface area contributed by atoms with Crippen LogP contribution in [0.4, 0.5) is 29.0 Å². The number of hydrogen-bond acceptors (Lipinski definition) is 11. The molecule has 0 fully saturated rings. The van der Waals surface area contributed by atoms with Crippen LogP contribution in [0.1, 0.15) is 21.5 Å². The lowest BCUT2D eigenvalue weighted by atomic mass is 10.2. The van der Waals surface area contributed by atoms with Crippen molar-refractivity contribution in [2.24, 2.45) is 7.05 Å². The highest BCUT2D eigenvalue weighted by atomic mass is 32.2. The van der Waals surface area contributed by atoms with Crippen LogP contribution >= 0.6 is 0 Å². The lowest BCUT2D eigenvalue weighted by Gasteiger charge is -2.21. The zero-order valence-corrected chi connectivity index (χ0v) is 20.5. The summed E-state index contributed by atoms with van der Waals surface area (Å²) in [5, 5.41) is 14.1. The Morgan fingerprint density at radius 1 is 0.971 bits per heavy atom. The molecule has 14 heteroatoms. The summed E-state index contributed by atoms with van der Waals surface area (Å²) in [5.74, 6) is 2.63. The van der Waals surface area contributed by atoms with Crippen molar-refractivity contribution in [3.63, 3.8) is 0 Å². The zero-order chi connectivity index (χ0) is 27.8. The highest BCUT2D eigenvalue weighted by molar-refractivity contribution is 7.92. The second-order valence-corrected chi connectivity index (χ2v) is 9.56. The first-order chi connectivity index (χ1) is 17.7. The van der Waals surface area contributed by atoms with Crippen molar-refractivity contribution in [3.8, 4) is 11.4 Å². The van der Waals surface area contributed by atoms with Crippen LogP contribution in [0.15, 0.2) is 30.7 Å². The van der Waals surface area contributed by atoms with Crippen molar-refractivity contribution in [1.29, 1.82) is 0 Å². The maximum atomic E-state index is 12.6. The maximum absolute atomic E-state index is 12.6. The molecule has 4 rings (SSSR count). The molecule has 0 bridgehead atoms. The molecule has 182 valence electrons. The van der Waals surface area contributed by atoms with Gasteiger partial charge in [-0.2, -0.15) is 0 Å². The Labute approximate surface area is 207 Å². The molecule has 0 unspecified atom stereocenters. The fourth-order valence-corrected chi connectivity index (χ4v) is 3.69. The van der Waals surface area contributed by atoms with E-state index in [1.807, 2.05) is 6.92 Å². The third-order valence-corrected chi connectivity index (χ3v) is 5.76. The van der Waals surface area contributed by atoms with Crippen molar-refractivity contribution in [2.45, 2.75) is 20.8 Å². The average molecular weight is 499 g/mol. The largest absolute Gasteiger partial charge is 0.325 e. The number of nitrogens with one attached hydrogen (secondary N) is 2. The SMILES string of the molecule is [2H]C([2H])([2H])N(c1cc(-c2nnc(C)n2C)cnc1Nc1cc(Nc2cc(C)nc(C)n2)ncn1)S(C)(=O)=O. The Balaban J connectivity index is 1.77. The Hall–Kier alpha value is -4.20. The van der Waals surface area contributed by atoms with E-state index in [-0.39, 0.29) is 17.3 Å². The van der Waals surface area contributed by atoms with Crippen molar-refractivity contribution in [1.82, 2.24) is 39.7 Å². The highest BCUT2D eigenvalue weighted by Crippen LogP contribution is 2.31. The zero-order valence-electron chi connectivity index (χ0n) is 22.6. The quantitative estimate of drug-likeness (QED) is 0.385. The number of pyridine rings is 1. The Kier molecular flexibility index (Phi) is 5.32. The summed E-state index contributed by atoms with van der Waals surface area (Å²) in [6, 6.07) is 4.66. The molecule has 35 heavy (non-hydrogen) atoms. The van der Waals surface area contributed by atoms with Crippen molar-refractivity contribution < 1.29 is 12.5 Å². The van der Waals surface area contributed by atoms with E-state index in [1.54, 1.807) is 31.5 Å². The number of rotatable bonds is 7. The summed E-state index contributed by atoms with van der Waals surface area (Å²) >= 11 is 0. The summed E-state index contributed by atoms with van der Waals surface area (Å²) < 4.78 is 51.0. The normalized spacial score (nSPS) is 13.0. The van der Waals surface area contributed by atoms with Crippen LogP contribution in [-0.4, -0.2) is 61.3 Å². The van der Waals surface area contributed by atoms with E-state index in [2.05, 4.69) is 45.8 Å². The maximum Gasteiger partial charge on any atom is 0.232 e. The van der Waals surface area contributed by atoms with Crippen LogP contribution in [0.3, 0.4) is 0 Å². The van der Waals surface area contributed by atoms with E-state index < -0.39 is 17.0 Å². The molecule has 4 aromatic heterocycles. The van der Waals surface area contributed by atoms with E-state index in [0.29, 0.717) is 39.0 Å². The third-order valence-electron chi connectivity index (χ3n) is 4.90. The molecule has 0 aliphatic heterocycles. The minimum Gasteiger partial charge on any atom is -0.325 e. The lowest BCUT2D eigenvalue weighted by molar-refractivity contribution is 0.600. The minimum absolute atomic E-state index is 0.0624. The van der Waals surface area contributed by atoms with Gasteiger partial charge in [-0.05, 0) is 26.8 Å². The number of hydrogen-bond donors (Lipinski definition) is 2. The first kappa shape index (κ1) is 20.2. The summed E-state index contributed by atoms with van der Waals surface area (Å²) in [6.45, 7) is 2.31. The second-order valence-electron chi connectivity index (χ2n) is 7.73. The Morgan fingerprint density at radius 3 is 2.34 bits per heavy atom. The molecule has 0 saturated heterocycles. The smallest absolute Gasteiger partial charge is 0.232 e. The number of aromatic nitrogens is 8. The average Bonchev–Trinajstić information content (AvgIpc) is 3.11. The van der Waals surface area contributed by atoms with E-state index in [9.17, 15) is 8.42 Å². The predicted octanol–water partition coefficient (Wildman–Crippen LogP) is 2.27. The molecule has 0 aliphatic carbocycles. The van der Waals surface area contributed by atoms with Gasteiger partial charge in [-0.15, -0.1) is 10.2 Å². The van der Waals surface area contributed by atoms with E-state index in [1.165, 1.54) is 24.7 Å². The van der Waals surface area contributed by atoms with Gasteiger partial charge < -0.3 is 15.2 Å². The van der Waals surface area contributed by atoms with Gasteiger partial charge in [0.15, 0.2) is 11.6 Å². The van der Waals surface area contributed by atoms with Gasteiger partial charge in [0.05, 0.1) is 11.9 Å². The number of nitrogens with zero attached hydrogens (tertiary/aromatic N) is 9. The van der Waals surface area contributed by atoms with Gasteiger partial charge in [-0.1, -0.05) is 0 Å². The van der Waals surface area contributed by atoms with Gasteiger partial charge in [-0.3, -0.25) is 4.31 Å². The molecular weight excluding hydrogens is 470 g/mol. The van der Waals surface area contributed by atoms with Gasteiger partial charge in [0.25, 0.3) is 0 Å². The number of sulfonamides is 1. The Morgan fingerprint density at radius 2 is 1.71 bits per heavy atom. The molecule has 4 aromatic rings. The lowest BCUT2D eigenvalue weighted by Crippen LogP contribution is -2.26. The summed E-state index contributed by atoms with van der Waals surface area (Å²) in [5.41, 5.74) is 0.914. The molecule has 0 aromatic carbocycles. The minimum atomic E-state index is -4.26. The van der Waals surface area contributed by atoms with Crippen LogP contribution in [-0.2, 0) is 17.1 Å². The number of aryl methyl sites for hydroxylation is 3. The van der Waals surface area contributed by atoms with Crippen LogP contribution in [0.25, 0.3) is 11.4 Å². The van der Waals surface area contributed by atoms with Gasteiger partial charge in [0, 0.05) is 47.7 Å². The summed E-state index contributed by atoms with van der Waals surface area (Å²) in [7, 11) is -2.54. The van der Waals surface area contributed by atoms with Crippen molar-refractivity contribution in [3.05, 3.63) is 48.1 Å². The molecule has 0 radical (unpaired) electrons. The predicted molar refractivity (Wildman–Crippen MR) is 132 cm³/mol. The van der Waals surface area contributed by atoms with Gasteiger partial charge in [0.1, 0.15) is 35.4 Å². The molecule has 4 heterocycles. The van der Waals surface area contributed by atoms with Crippen molar-refractivity contribution >= 4 is 39.0 Å². The molecule has 0 atom stereocenters. The van der Waals surface area contributed by atoms with Crippen LogP contribution in [0.5, 0.6) is 0 Å². The topological polar surface area (TPSA) is 157 Å². The highest BCUT2D eigenvalue weighted by Gasteiger charge is 2.20. The Bertz CT molecular complexity index is 1590. The van der Waals surface area contributed by atoms with E-state index in [4.69, 9.17) is 4.11 Å². The first-order valence-corrected chi connectivity index (χ1v) is 12.1. The molecular formula is C21H25N11O2S. The van der Waals surface area contributed by atoms with Crippen LogP contribution in [0.2, 0.25) is 0 Å². The number of anilines is 5. The fourth-order valence-electron chi connectivity index (χ4n) is 3.19. The van der Waals surface area contributed by atoms with Crippen LogP contribution in [0, 0.1) is 20.8 Å². The van der Waals surface area contributed by atoms with E-state index in [0.717, 1.165) is 11.9 Å². The third kappa shape index (κ3) is 5.32. The molecule has 13 nitrogen and oxygen atoms in total. The van der Waals surface area contributed by atoms with Gasteiger partial charge >= 0.3 is 0 Å². The molecule has 0 aliphatic rings. The molecule has 0 saturated carbocycles. The fraction of sp³-hybridized carbons (Fsp3) is 0.286. The molecule has 0 spiro atoms. The first-order valence-electron chi connectivity index (χ1n) is 11.8. The van der Waals surface area contributed by atoms with Gasteiger partial charge in [-0.25, -0.2) is 33.3 Å². The summed E-state index contributed by atoms with van der Waals surface area (Å²) in [4.78, 5) is 21.2. The second kappa shape index (κ2) is 9.21. The molecule has 2 N–H and O–H groups in total. The standard InChI is InChI=1S/C21H25N11O2S/c1-12-7-19(26-13(2)25-12)27-17-9-18(24-11-23-17)28-20-16(32(5)35(6,33)34)8-15(10-22-20)21-30-29-14(3)31(21)4/h7-11H,1-6H3,(H2,22,23,24,25,26,27,28)/i5D3. The van der Waals surface area contributed by atoms with E-state index >= 15 is 0 Å². The summed E-state index contributed by atoms with van der Waals surface area (Å²) in [6.07, 6.45) is 3.52.